The standard InChI is InChI=1S/C22H30FN3O4.HI/c1-14(15-7-8-19(28-4)18(23)11-15)26-22(24-2)25-10-9-17-20(29-5)12-16(27-3)13-21(17)30-6;/h7-8,11-14H,9-10H2,1-6H3,(H2,24,25,26);1H. The van der Waals surface area contributed by atoms with E-state index in [0.29, 0.717) is 36.2 Å². The summed E-state index contributed by atoms with van der Waals surface area (Å²) in [6.45, 7) is 2.52. The number of benzene rings is 2. The van der Waals surface area contributed by atoms with E-state index >= 15 is 0 Å². The molecule has 1 atom stereocenters. The lowest BCUT2D eigenvalue weighted by Gasteiger charge is -2.20. The fourth-order valence-electron chi connectivity index (χ4n) is 3.07. The minimum absolute atomic E-state index is 0. The first-order valence-electron chi connectivity index (χ1n) is 9.56. The number of hydrogen-bond acceptors (Lipinski definition) is 5. The fraction of sp³-hybridized carbons (Fsp3) is 0.409. The Morgan fingerprint density at radius 3 is 2.06 bits per heavy atom. The monoisotopic (exact) mass is 547 g/mol. The summed E-state index contributed by atoms with van der Waals surface area (Å²) in [7, 11) is 7.95. The second-order valence-corrected chi connectivity index (χ2v) is 6.52. The first kappa shape index (κ1) is 26.6. The Hall–Kier alpha value is -2.43. The number of methoxy groups -OCH3 is 4. The summed E-state index contributed by atoms with van der Waals surface area (Å²) in [5.41, 5.74) is 1.71. The van der Waals surface area contributed by atoms with E-state index in [-0.39, 0.29) is 35.8 Å². The molecule has 0 aliphatic carbocycles. The minimum Gasteiger partial charge on any atom is -0.496 e. The molecule has 2 rings (SSSR count). The molecule has 2 aromatic carbocycles. The summed E-state index contributed by atoms with van der Waals surface area (Å²) in [6.07, 6.45) is 0.641. The lowest BCUT2D eigenvalue weighted by atomic mass is 10.1. The van der Waals surface area contributed by atoms with Crippen LogP contribution in [0.25, 0.3) is 0 Å². The Morgan fingerprint density at radius 1 is 0.968 bits per heavy atom. The average molecular weight is 547 g/mol. The van der Waals surface area contributed by atoms with E-state index in [0.717, 1.165) is 11.1 Å². The molecule has 7 nitrogen and oxygen atoms in total. The minimum atomic E-state index is -0.398. The van der Waals surface area contributed by atoms with Crippen molar-refractivity contribution in [2.75, 3.05) is 42.0 Å². The third-order valence-electron chi connectivity index (χ3n) is 4.74. The van der Waals surface area contributed by atoms with Crippen molar-refractivity contribution < 1.29 is 23.3 Å². The van der Waals surface area contributed by atoms with Gasteiger partial charge in [0.1, 0.15) is 17.2 Å². The lowest BCUT2D eigenvalue weighted by Crippen LogP contribution is -2.39. The topological polar surface area (TPSA) is 73.3 Å². The van der Waals surface area contributed by atoms with E-state index in [4.69, 9.17) is 18.9 Å². The van der Waals surface area contributed by atoms with Gasteiger partial charge in [-0.05, 0) is 31.0 Å². The Balaban J connectivity index is 0.00000480. The summed E-state index contributed by atoms with van der Waals surface area (Å²) in [5, 5.41) is 6.52. The highest BCUT2D eigenvalue weighted by Gasteiger charge is 2.14. The molecule has 1 unspecified atom stereocenters. The Bertz CT molecular complexity index is 855. The van der Waals surface area contributed by atoms with Crippen LogP contribution >= 0.6 is 24.0 Å². The van der Waals surface area contributed by atoms with Gasteiger partial charge < -0.3 is 29.6 Å². The number of guanidine groups is 1. The maximum atomic E-state index is 14.0. The van der Waals surface area contributed by atoms with Crippen molar-refractivity contribution >= 4 is 29.9 Å². The number of nitrogens with zero attached hydrogens (tertiary/aromatic N) is 1. The van der Waals surface area contributed by atoms with Crippen LogP contribution in [0.3, 0.4) is 0 Å². The van der Waals surface area contributed by atoms with Gasteiger partial charge in [-0.25, -0.2) is 4.39 Å². The molecule has 0 heterocycles. The highest BCUT2D eigenvalue weighted by Crippen LogP contribution is 2.34. The molecule has 2 aromatic rings. The molecule has 172 valence electrons. The number of ether oxygens (including phenoxy) is 4. The number of halogens is 2. The van der Waals surface area contributed by atoms with Crippen molar-refractivity contribution in [1.29, 1.82) is 0 Å². The Kier molecular flexibility index (Phi) is 11.2. The van der Waals surface area contributed by atoms with E-state index in [1.807, 2.05) is 25.1 Å². The van der Waals surface area contributed by atoms with E-state index in [1.165, 1.54) is 13.2 Å². The van der Waals surface area contributed by atoms with Crippen LogP contribution in [-0.2, 0) is 6.42 Å². The summed E-state index contributed by atoms with van der Waals surface area (Å²) >= 11 is 0. The molecule has 0 amide bonds. The van der Waals surface area contributed by atoms with Gasteiger partial charge in [-0.2, -0.15) is 0 Å². The highest BCUT2D eigenvalue weighted by molar-refractivity contribution is 14.0. The summed E-state index contributed by atoms with van der Waals surface area (Å²) in [4.78, 5) is 4.25. The molecule has 31 heavy (non-hydrogen) atoms. The summed E-state index contributed by atoms with van der Waals surface area (Å²) < 4.78 is 35.2. The predicted molar refractivity (Wildman–Crippen MR) is 131 cm³/mol. The SMILES string of the molecule is CN=C(NCCc1c(OC)cc(OC)cc1OC)NC(C)c1ccc(OC)c(F)c1.I. The van der Waals surface area contributed by atoms with Gasteiger partial charge in [0.05, 0.1) is 34.5 Å². The van der Waals surface area contributed by atoms with Crippen LogP contribution in [0.5, 0.6) is 23.0 Å². The molecule has 0 fully saturated rings. The van der Waals surface area contributed by atoms with Crippen molar-refractivity contribution in [2.24, 2.45) is 4.99 Å². The van der Waals surface area contributed by atoms with E-state index in [9.17, 15) is 4.39 Å². The maximum absolute atomic E-state index is 14.0. The molecule has 0 aromatic heterocycles. The third-order valence-corrected chi connectivity index (χ3v) is 4.74. The first-order chi connectivity index (χ1) is 14.5. The van der Waals surface area contributed by atoms with Crippen LogP contribution in [0, 0.1) is 5.82 Å². The molecular weight excluding hydrogens is 516 g/mol. The van der Waals surface area contributed by atoms with Crippen molar-refractivity contribution in [2.45, 2.75) is 19.4 Å². The predicted octanol–water partition coefficient (Wildman–Crippen LogP) is 3.95. The number of hydrogen-bond donors (Lipinski definition) is 2. The van der Waals surface area contributed by atoms with E-state index in [1.54, 1.807) is 34.4 Å². The molecule has 0 aliphatic heterocycles. The molecule has 0 bridgehead atoms. The second-order valence-electron chi connectivity index (χ2n) is 6.52. The average Bonchev–Trinajstić information content (AvgIpc) is 2.77. The summed E-state index contributed by atoms with van der Waals surface area (Å²) in [6, 6.07) is 8.38. The van der Waals surface area contributed by atoms with Gasteiger partial charge in [-0.15, -0.1) is 24.0 Å². The normalized spacial score (nSPS) is 11.8. The van der Waals surface area contributed by atoms with Crippen molar-refractivity contribution in [3.05, 3.63) is 47.3 Å². The van der Waals surface area contributed by atoms with Crippen molar-refractivity contribution in [3.8, 4) is 23.0 Å². The number of rotatable bonds is 9. The highest BCUT2D eigenvalue weighted by atomic mass is 127. The van der Waals surface area contributed by atoms with Gasteiger partial charge in [-0.1, -0.05) is 6.07 Å². The van der Waals surface area contributed by atoms with Crippen molar-refractivity contribution in [3.63, 3.8) is 0 Å². The smallest absolute Gasteiger partial charge is 0.191 e. The largest absolute Gasteiger partial charge is 0.496 e. The molecule has 0 saturated heterocycles. The number of aliphatic imine (C=N–C) groups is 1. The molecule has 0 radical (unpaired) electrons. The van der Waals surface area contributed by atoms with Crippen molar-refractivity contribution in [1.82, 2.24) is 10.6 Å². The van der Waals surface area contributed by atoms with Crippen LogP contribution in [0.4, 0.5) is 4.39 Å². The van der Waals surface area contributed by atoms with Crippen LogP contribution in [-0.4, -0.2) is 48.0 Å². The van der Waals surface area contributed by atoms with Gasteiger partial charge in [0, 0.05) is 31.3 Å². The van der Waals surface area contributed by atoms with Crippen LogP contribution < -0.4 is 29.6 Å². The van der Waals surface area contributed by atoms with Crippen LogP contribution in [0.15, 0.2) is 35.3 Å². The van der Waals surface area contributed by atoms with Crippen LogP contribution in [0.1, 0.15) is 24.1 Å². The first-order valence-corrected chi connectivity index (χ1v) is 9.56. The zero-order valence-electron chi connectivity index (χ0n) is 18.7. The molecule has 2 N–H and O–H groups in total. The van der Waals surface area contributed by atoms with Crippen LogP contribution in [0.2, 0.25) is 0 Å². The third kappa shape index (κ3) is 7.05. The fourth-order valence-corrected chi connectivity index (χ4v) is 3.07. The molecule has 0 spiro atoms. The van der Waals surface area contributed by atoms with Gasteiger partial charge >= 0.3 is 0 Å². The Morgan fingerprint density at radius 2 is 1.58 bits per heavy atom. The molecule has 9 heteroatoms. The zero-order valence-corrected chi connectivity index (χ0v) is 21.1. The van der Waals surface area contributed by atoms with Gasteiger partial charge in [0.2, 0.25) is 0 Å². The Labute approximate surface area is 200 Å². The maximum Gasteiger partial charge on any atom is 0.191 e. The van der Waals surface area contributed by atoms with E-state index < -0.39 is 5.82 Å². The number of nitrogens with one attached hydrogen (secondary N) is 2. The molecular formula is C22H31FIN3O4. The van der Waals surface area contributed by atoms with Gasteiger partial charge in [0.25, 0.3) is 0 Å². The summed E-state index contributed by atoms with van der Waals surface area (Å²) in [5.74, 6) is 2.47. The molecule has 0 saturated carbocycles. The van der Waals surface area contributed by atoms with Gasteiger partial charge in [-0.3, -0.25) is 4.99 Å². The zero-order chi connectivity index (χ0) is 22.1. The second kappa shape index (κ2) is 13.1. The van der Waals surface area contributed by atoms with Gasteiger partial charge in [0.15, 0.2) is 17.5 Å². The van der Waals surface area contributed by atoms with E-state index in [2.05, 4.69) is 15.6 Å². The lowest BCUT2D eigenvalue weighted by molar-refractivity contribution is 0.368. The quantitative estimate of drug-likeness (QED) is 0.282. The molecule has 0 aliphatic rings.